The molecule has 10 heteroatoms. The molecular formula is C18H20F3N5O2. The molecule has 0 unspecified atom stereocenters. The quantitative estimate of drug-likeness (QED) is 0.599. The van der Waals surface area contributed by atoms with Crippen LogP contribution < -0.4 is 11.1 Å². The molecule has 1 heterocycles. The average molecular weight is 395 g/mol. The minimum atomic E-state index is -3.79. The van der Waals surface area contributed by atoms with Gasteiger partial charge in [-0.05, 0) is 39.0 Å². The molecule has 2 rings (SSSR count). The van der Waals surface area contributed by atoms with Crippen LogP contribution in [0.15, 0.2) is 35.6 Å². The number of carbonyl (C=O) groups is 1. The van der Waals surface area contributed by atoms with E-state index >= 15 is 0 Å². The molecular weight excluding hydrogens is 375 g/mol. The number of aliphatic imine (C=N–C) groups is 1. The molecule has 0 fully saturated rings. The van der Waals surface area contributed by atoms with Crippen LogP contribution >= 0.6 is 0 Å². The van der Waals surface area contributed by atoms with E-state index in [2.05, 4.69) is 20.3 Å². The normalized spacial score (nSPS) is 12.6. The van der Waals surface area contributed by atoms with E-state index in [0.29, 0.717) is 5.69 Å². The highest BCUT2D eigenvalue weighted by Crippen LogP contribution is 2.43. The van der Waals surface area contributed by atoms with Crippen molar-refractivity contribution in [3.05, 3.63) is 53.4 Å². The molecule has 0 bridgehead atoms. The maximum atomic E-state index is 15.0. The van der Waals surface area contributed by atoms with Gasteiger partial charge in [-0.25, -0.2) is 14.4 Å². The average Bonchev–Trinajstić information content (AvgIpc) is 2.63. The minimum Gasteiger partial charge on any atom is -0.453 e. The molecule has 0 atom stereocenters. The van der Waals surface area contributed by atoms with Gasteiger partial charge in [0.05, 0.1) is 17.5 Å². The van der Waals surface area contributed by atoms with Crippen molar-refractivity contribution in [1.29, 1.82) is 0 Å². The number of halogens is 3. The fraction of sp³-hybridized carbons (Fsp3) is 0.333. The predicted molar refractivity (Wildman–Crippen MR) is 97.7 cm³/mol. The fourth-order valence-electron chi connectivity index (χ4n) is 2.24. The van der Waals surface area contributed by atoms with Crippen LogP contribution in [0.25, 0.3) is 0 Å². The first-order valence-corrected chi connectivity index (χ1v) is 8.17. The molecule has 0 radical (unpaired) electrons. The number of ether oxygens (including phenoxy) is 1. The number of alkyl halides is 2. The van der Waals surface area contributed by atoms with E-state index in [1.165, 1.54) is 19.4 Å². The largest absolute Gasteiger partial charge is 0.453 e. The Bertz CT molecular complexity index is 899. The fourth-order valence-corrected chi connectivity index (χ4v) is 2.24. The van der Waals surface area contributed by atoms with E-state index in [1.807, 2.05) is 0 Å². The summed E-state index contributed by atoms with van der Waals surface area (Å²) in [5.41, 5.74) is 2.75. The van der Waals surface area contributed by atoms with Gasteiger partial charge < -0.3 is 15.8 Å². The number of nitrogens with one attached hydrogen (secondary N) is 1. The number of benzene rings is 1. The van der Waals surface area contributed by atoms with Crippen molar-refractivity contribution >= 4 is 17.6 Å². The lowest BCUT2D eigenvalue weighted by Crippen LogP contribution is -2.46. The monoisotopic (exact) mass is 395 g/mol. The highest BCUT2D eigenvalue weighted by Gasteiger charge is 2.52. The summed E-state index contributed by atoms with van der Waals surface area (Å²) in [6.45, 7) is 3.80. The van der Waals surface area contributed by atoms with Crippen molar-refractivity contribution in [3.8, 4) is 0 Å². The van der Waals surface area contributed by atoms with E-state index < -0.39 is 34.8 Å². The maximum absolute atomic E-state index is 15.0. The van der Waals surface area contributed by atoms with Crippen LogP contribution in [-0.4, -0.2) is 34.5 Å². The number of hydrogen-bond acceptors (Lipinski definition) is 5. The van der Waals surface area contributed by atoms with Crippen LogP contribution in [0, 0.1) is 12.7 Å². The molecule has 0 saturated carbocycles. The van der Waals surface area contributed by atoms with E-state index in [1.54, 1.807) is 6.92 Å². The summed E-state index contributed by atoms with van der Waals surface area (Å²) in [6.07, 6.45) is 2.63. The highest BCUT2D eigenvalue weighted by atomic mass is 19.3. The van der Waals surface area contributed by atoms with Crippen LogP contribution in [0.4, 0.5) is 18.9 Å². The van der Waals surface area contributed by atoms with Gasteiger partial charge in [-0.15, -0.1) is 0 Å². The van der Waals surface area contributed by atoms with Crippen molar-refractivity contribution in [1.82, 2.24) is 9.97 Å². The SMILES string of the molecule is CN=C(N)OC(C)(C)C(F)(F)c1cc(NC(=O)c2cnc(C)cn2)ccc1F. The number of nitrogens with zero attached hydrogens (tertiary/aromatic N) is 3. The van der Waals surface area contributed by atoms with E-state index in [0.717, 1.165) is 32.0 Å². The Labute approximate surface area is 159 Å². The number of nitrogens with two attached hydrogens (primary N) is 1. The van der Waals surface area contributed by atoms with Crippen molar-refractivity contribution in [2.45, 2.75) is 32.3 Å². The Kier molecular flexibility index (Phi) is 5.91. The van der Waals surface area contributed by atoms with Gasteiger partial charge >= 0.3 is 5.92 Å². The van der Waals surface area contributed by atoms with Gasteiger partial charge in [-0.3, -0.25) is 9.78 Å². The Balaban J connectivity index is 2.34. The zero-order valence-corrected chi connectivity index (χ0v) is 15.8. The number of rotatable bonds is 5. The molecule has 1 amide bonds. The number of anilines is 1. The second-order valence-electron chi connectivity index (χ2n) is 6.44. The Morgan fingerprint density at radius 1 is 1.25 bits per heavy atom. The molecule has 150 valence electrons. The third-order valence-electron chi connectivity index (χ3n) is 3.91. The first kappa shape index (κ1) is 21.1. The predicted octanol–water partition coefficient (Wildman–Crippen LogP) is 3.01. The summed E-state index contributed by atoms with van der Waals surface area (Å²) >= 11 is 0. The standard InChI is InChI=1S/C18H20F3N5O2/c1-10-8-25-14(9-24-10)15(27)26-11-5-6-13(19)12(7-11)18(20,21)17(2,3)28-16(22)23-4/h5-9H,1-4H3,(H2,22,23)(H,26,27). The minimum absolute atomic E-state index is 0.0150. The Morgan fingerprint density at radius 2 is 1.93 bits per heavy atom. The van der Waals surface area contributed by atoms with Crippen LogP contribution in [-0.2, 0) is 10.7 Å². The summed E-state index contributed by atoms with van der Waals surface area (Å²) in [5.74, 6) is -5.63. The summed E-state index contributed by atoms with van der Waals surface area (Å²) in [7, 11) is 1.27. The topological polar surface area (TPSA) is 102 Å². The molecule has 2 aromatic rings. The lowest BCUT2D eigenvalue weighted by atomic mass is 9.92. The molecule has 0 aliphatic carbocycles. The van der Waals surface area contributed by atoms with Gasteiger partial charge in [-0.1, -0.05) is 0 Å². The van der Waals surface area contributed by atoms with Gasteiger partial charge in [0.15, 0.2) is 5.60 Å². The number of carbonyl (C=O) groups excluding carboxylic acids is 1. The smallest absolute Gasteiger partial charge is 0.314 e. The summed E-state index contributed by atoms with van der Waals surface area (Å²) in [4.78, 5) is 23.5. The molecule has 7 nitrogen and oxygen atoms in total. The molecule has 0 aliphatic rings. The number of hydrogen-bond donors (Lipinski definition) is 2. The van der Waals surface area contributed by atoms with E-state index in [9.17, 15) is 18.0 Å². The van der Waals surface area contributed by atoms with Gasteiger partial charge in [0.1, 0.15) is 11.5 Å². The first-order chi connectivity index (χ1) is 13.0. The third kappa shape index (κ3) is 4.38. The van der Waals surface area contributed by atoms with Gasteiger partial charge in [0, 0.05) is 18.9 Å². The summed E-state index contributed by atoms with van der Waals surface area (Å²) < 4.78 is 49.1. The van der Waals surface area contributed by atoms with Gasteiger partial charge in [0.25, 0.3) is 11.9 Å². The van der Waals surface area contributed by atoms with Crippen molar-refractivity contribution in [2.24, 2.45) is 10.7 Å². The maximum Gasteiger partial charge on any atom is 0.314 e. The highest BCUT2D eigenvalue weighted by molar-refractivity contribution is 6.02. The molecule has 0 spiro atoms. The van der Waals surface area contributed by atoms with Crippen LogP contribution in [0.1, 0.15) is 35.6 Å². The molecule has 28 heavy (non-hydrogen) atoms. The summed E-state index contributed by atoms with van der Waals surface area (Å²) in [6, 6.07) is 2.35. The number of aryl methyl sites for hydroxylation is 1. The zero-order valence-electron chi connectivity index (χ0n) is 15.8. The Morgan fingerprint density at radius 3 is 2.50 bits per heavy atom. The van der Waals surface area contributed by atoms with Crippen LogP contribution in [0.3, 0.4) is 0 Å². The second kappa shape index (κ2) is 7.83. The first-order valence-electron chi connectivity index (χ1n) is 8.17. The van der Waals surface area contributed by atoms with Crippen LogP contribution in [0.5, 0.6) is 0 Å². The third-order valence-corrected chi connectivity index (χ3v) is 3.91. The van der Waals surface area contributed by atoms with Gasteiger partial charge in [0.2, 0.25) is 0 Å². The Hall–Kier alpha value is -3.17. The number of amidine groups is 1. The van der Waals surface area contributed by atoms with Gasteiger partial charge in [-0.2, -0.15) is 8.78 Å². The molecule has 1 aromatic carbocycles. The van der Waals surface area contributed by atoms with Crippen LogP contribution in [0.2, 0.25) is 0 Å². The lowest BCUT2D eigenvalue weighted by molar-refractivity contribution is -0.162. The van der Waals surface area contributed by atoms with E-state index in [-0.39, 0.29) is 11.4 Å². The second-order valence-corrected chi connectivity index (χ2v) is 6.44. The number of amides is 1. The van der Waals surface area contributed by atoms with Crippen molar-refractivity contribution < 1.29 is 22.7 Å². The lowest BCUT2D eigenvalue weighted by Gasteiger charge is -2.34. The van der Waals surface area contributed by atoms with E-state index in [4.69, 9.17) is 10.5 Å². The molecule has 1 aromatic heterocycles. The molecule has 3 N–H and O–H groups in total. The van der Waals surface area contributed by atoms with Crippen molar-refractivity contribution in [3.63, 3.8) is 0 Å². The zero-order chi connectivity index (χ0) is 21.1. The summed E-state index contributed by atoms with van der Waals surface area (Å²) in [5, 5.41) is 2.39. The molecule has 0 saturated heterocycles. The number of aromatic nitrogens is 2. The molecule has 0 aliphatic heterocycles. The van der Waals surface area contributed by atoms with Crippen molar-refractivity contribution in [2.75, 3.05) is 12.4 Å².